The molecule has 0 bridgehead atoms. The second-order valence-corrected chi connectivity index (χ2v) is 6.78. The third-order valence-electron chi connectivity index (χ3n) is 4.85. The molecule has 6 heteroatoms. The minimum atomic E-state index is 0.469. The molecule has 26 heavy (non-hydrogen) atoms. The van der Waals surface area contributed by atoms with Gasteiger partial charge < -0.3 is 10.1 Å². The van der Waals surface area contributed by atoms with Crippen molar-refractivity contribution in [2.24, 2.45) is 0 Å². The van der Waals surface area contributed by atoms with Crippen LogP contribution < -0.4 is 5.32 Å². The molecule has 4 rings (SSSR count). The number of hydrogen-bond donors (Lipinski definition) is 1. The number of fused-ring (bicyclic) bond motifs is 1. The highest BCUT2D eigenvalue weighted by molar-refractivity contribution is 5.65. The van der Waals surface area contributed by atoms with Crippen molar-refractivity contribution in [2.45, 2.75) is 44.6 Å². The first kappa shape index (κ1) is 17.0. The van der Waals surface area contributed by atoms with E-state index in [1.807, 2.05) is 24.3 Å². The van der Waals surface area contributed by atoms with Crippen LogP contribution in [0.1, 0.15) is 38.5 Å². The molecule has 3 aromatic rings. The van der Waals surface area contributed by atoms with Gasteiger partial charge in [-0.2, -0.15) is 14.6 Å². The van der Waals surface area contributed by atoms with Gasteiger partial charge >= 0.3 is 0 Å². The first-order chi connectivity index (χ1) is 12.9. The molecule has 0 aliphatic heterocycles. The maximum Gasteiger partial charge on any atom is 0.254 e. The van der Waals surface area contributed by atoms with Gasteiger partial charge in [0.25, 0.3) is 5.78 Å². The predicted octanol–water partition coefficient (Wildman–Crippen LogP) is 3.94. The van der Waals surface area contributed by atoms with E-state index in [4.69, 9.17) is 4.74 Å². The van der Waals surface area contributed by atoms with Crippen LogP contribution in [-0.4, -0.2) is 38.8 Å². The highest BCUT2D eigenvalue weighted by Gasteiger charge is 2.13. The molecule has 0 spiro atoms. The average molecular weight is 351 g/mol. The van der Waals surface area contributed by atoms with E-state index in [-0.39, 0.29) is 0 Å². The van der Waals surface area contributed by atoms with Crippen LogP contribution in [0.4, 0.5) is 5.82 Å². The van der Waals surface area contributed by atoms with Crippen molar-refractivity contribution >= 4 is 11.6 Å². The normalized spacial score (nSPS) is 15.4. The second kappa shape index (κ2) is 8.27. The first-order valence-electron chi connectivity index (χ1n) is 9.52. The summed E-state index contributed by atoms with van der Waals surface area (Å²) in [4.78, 5) is 8.84. The van der Waals surface area contributed by atoms with Gasteiger partial charge in [-0.25, -0.2) is 4.98 Å². The molecule has 136 valence electrons. The SMILES string of the molecule is c1ccc(-c2cc(NCCCOC3CCCCC3)n3ncnc3n2)cc1. The molecule has 0 amide bonds. The van der Waals surface area contributed by atoms with Gasteiger partial charge in [0, 0.05) is 24.8 Å². The first-order valence-corrected chi connectivity index (χ1v) is 9.52. The Morgan fingerprint density at radius 2 is 1.96 bits per heavy atom. The molecule has 6 nitrogen and oxygen atoms in total. The molecule has 1 fully saturated rings. The van der Waals surface area contributed by atoms with Crippen LogP contribution in [0, 0.1) is 0 Å². The van der Waals surface area contributed by atoms with Crippen LogP contribution in [0.5, 0.6) is 0 Å². The van der Waals surface area contributed by atoms with Gasteiger partial charge in [-0.1, -0.05) is 49.6 Å². The molecule has 0 radical (unpaired) electrons. The largest absolute Gasteiger partial charge is 0.378 e. The van der Waals surface area contributed by atoms with Crippen LogP contribution in [0.3, 0.4) is 0 Å². The quantitative estimate of drug-likeness (QED) is 0.653. The number of aromatic nitrogens is 4. The number of hydrogen-bond acceptors (Lipinski definition) is 5. The van der Waals surface area contributed by atoms with Crippen molar-refractivity contribution in [3.63, 3.8) is 0 Å². The third kappa shape index (κ3) is 4.02. The summed E-state index contributed by atoms with van der Waals surface area (Å²) in [5.74, 6) is 1.51. The van der Waals surface area contributed by atoms with Gasteiger partial charge in [-0.05, 0) is 19.3 Å². The van der Waals surface area contributed by atoms with E-state index in [0.717, 1.165) is 36.6 Å². The molecule has 0 atom stereocenters. The Morgan fingerprint density at radius 3 is 2.81 bits per heavy atom. The summed E-state index contributed by atoms with van der Waals surface area (Å²) in [6, 6.07) is 12.2. The van der Waals surface area contributed by atoms with E-state index in [2.05, 4.69) is 32.5 Å². The highest BCUT2D eigenvalue weighted by atomic mass is 16.5. The molecule has 2 heterocycles. The summed E-state index contributed by atoms with van der Waals surface area (Å²) in [5, 5.41) is 7.74. The van der Waals surface area contributed by atoms with E-state index in [0.29, 0.717) is 11.9 Å². The summed E-state index contributed by atoms with van der Waals surface area (Å²) in [7, 11) is 0. The Morgan fingerprint density at radius 1 is 1.12 bits per heavy atom. The lowest BCUT2D eigenvalue weighted by molar-refractivity contribution is 0.0284. The van der Waals surface area contributed by atoms with E-state index in [1.165, 1.54) is 38.4 Å². The fraction of sp³-hybridized carbons (Fsp3) is 0.450. The van der Waals surface area contributed by atoms with E-state index >= 15 is 0 Å². The maximum atomic E-state index is 6.00. The van der Waals surface area contributed by atoms with Crippen molar-refractivity contribution in [2.75, 3.05) is 18.5 Å². The molecule has 1 aliphatic carbocycles. The van der Waals surface area contributed by atoms with Crippen molar-refractivity contribution < 1.29 is 4.74 Å². The minimum absolute atomic E-state index is 0.469. The minimum Gasteiger partial charge on any atom is -0.378 e. The lowest BCUT2D eigenvalue weighted by Crippen LogP contribution is -2.18. The second-order valence-electron chi connectivity index (χ2n) is 6.78. The molecule has 1 saturated carbocycles. The van der Waals surface area contributed by atoms with E-state index < -0.39 is 0 Å². The van der Waals surface area contributed by atoms with Gasteiger partial charge in [0.15, 0.2) is 0 Å². The van der Waals surface area contributed by atoms with Crippen LogP contribution in [0.25, 0.3) is 17.0 Å². The predicted molar refractivity (Wildman–Crippen MR) is 102 cm³/mol. The Labute approximate surface area is 153 Å². The number of benzene rings is 1. The van der Waals surface area contributed by atoms with Crippen molar-refractivity contribution in [1.29, 1.82) is 0 Å². The zero-order valence-corrected chi connectivity index (χ0v) is 15.0. The smallest absolute Gasteiger partial charge is 0.254 e. The Hall–Kier alpha value is -2.47. The molecular formula is C20H25N5O. The maximum absolute atomic E-state index is 6.00. The zero-order valence-electron chi connectivity index (χ0n) is 15.0. The summed E-state index contributed by atoms with van der Waals surface area (Å²) < 4.78 is 7.74. The van der Waals surface area contributed by atoms with Gasteiger partial charge in [-0.3, -0.25) is 0 Å². The van der Waals surface area contributed by atoms with Gasteiger partial charge in [0.05, 0.1) is 11.8 Å². The molecule has 0 saturated heterocycles. The Bertz CT molecular complexity index is 827. The number of ether oxygens (including phenoxy) is 1. The van der Waals surface area contributed by atoms with Crippen LogP contribution in [0.2, 0.25) is 0 Å². The lowest BCUT2D eigenvalue weighted by atomic mass is 9.98. The van der Waals surface area contributed by atoms with E-state index in [9.17, 15) is 0 Å². The van der Waals surface area contributed by atoms with Crippen LogP contribution in [-0.2, 0) is 4.74 Å². The van der Waals surface area contributed by atoms with E-state index in [1.54, 1.807) is 4.52 Å². The Balaban J connectivity index is 1.38. The van der Waals surface area contributed by atoms with Crippen molar-refractivity contribution in [3.05, 3.63) is 42.7 Å². The number of rotatable bonds is 7. The van der Waals surface area contributed by atoms with Gasteiger partial charge in [0.2, 0.25) is 0 Å². The molecule has 1 aliphatic rings. The van der Waals surface area contributed by atoms with Gasteiger partial charge in [0.1, 0.15) is 12.1 Å². The lowest BCUT2D eigenvalue weighted by Gasteiger charge is -2.22. The monoisotopic (exact) mass is 351 g/mol. The summed E-state index contributed by atoms with van der Waals surface area (Å²) in [5.41, 5.74) is 1.97. The number of nitrogens with one attached hydrogen (secondary N) is 1. The van der Waals surface area contributed by atoms with Crippen LogP contribution >= 0.6 is 0 Å². The molecule has 0 unspecified atom stereocenters. The number of anilines is 1. The zero-order chi connectivity index (χ0) is 17.6. The Kier molecular flexibility index (Phi) is 5.40. The van der Waals surface area contributed by atoms with Crippen molar-refractivity contribution in [3.8, 4) is 11.3 Å². The fourth-order valence-electron chi connectivity index (χ4n) is 3.47. The standard InChI is InChI=1S/C20H25N5O/c1-3-8-16(9-4-1)18-14-19(25-20(24-18)22-15-23-25)21-12-7-13-26-17-10-5-2-6-11-17/h1,3-4,8-9,14-15,17,21H,2,5-7,10-13H2. The summed E-state index contributed by atoms with van der Waals surface area (Å²) in [6.45, 7) is 1.63. The topological polar surface area (TPSA) is 64.3 Å². The molecular weight excluding hydrogens is 326 g/mol. The molecule has 1 aromatic carbocycles. The van der Waals surface area contributed by atoms with Gasteiger partial charge in [-0.15, -0.1) is 0 Å². The van der Waals surface area contributed by atoms with Crippen molar-refractivity contribution in [1.82, 2.24) is 19.6 Å². The fourth-order valence-corrected chi connectivity index (χ4v) is 3.47. The molecule has 1 N–H and O–H groups in total. The molecule has 2 aromatic heterocycles. The van der Waals surface area contributed by atoms with Crippen LogP contribution in [0.15, 0.2) is 42.7 Å². The summed E-state index contributed by atoms with van der Waals surface area (Å²) >= 11 is 0. The third-order valence-corrected chi connectivity index (χ3v) is 4.85. The highest BCUT2D eigenvalue weighted by Crippen LogP contribution is 2.22. The average Bonchev–Trinajstić information content (AvgIpc) is 3.18. The number of nitrogens with zero attached hydrogens (tertiary/aromatic N) is 4. The summed E-state index contributed by atoms with van der Waals surface area (Å²) in [6.07, 6.45) is 9.40.